The fourth-order valence-electron chi connectivity index (χ4n) is 1.84. The van der Waals surface area contributed by atoms with Gasteiger partial charge in [0.25, 0.3) is 0 Å². The molecule has 0 N–H and O–H groups in total. The zero-order valence-electron chi connectivity index (χ0n) is 7.57. The molecule has 2 aliphatic rings. The van der Waals surface area contributed by atoms with Crippen LogP contribution in [-0.2, 0) is 0 Å². The lowest BCUT2D eigenvalue weighted by atomic mass is 10.2. The van der Waals surface area contributed by atoms with Gasteiger partial charge in [0.15, 0.2) is 0 Å². The summed E-state index contributed by atoms with van der Waals surface area (Å²) in [4.78, 5) is 4.94. The van der Waals surface area contributed by atoms with Gasteiger partial charge in [-0.2, -0.15) is 0 Å². The fraction of sp³-hybridized carbons (Fsp3) is 0.889. The van der Waals surface area contributed by atoms with Crippen molar-refractivity contribution in [2.45, 2.75) is 24.9 Å². The average Bonchev–Trinajstić information content (AvgIpc) is 2.88. The van der Waals surface area contributed by atoms with Crippen molar-refractivity contribution in [1.29, 1.82) is 0 Å². The van der Waals surface area contributed by atoms with Gasteiger partial charge in [-0.15, -0.1) is 0 Å². The fourth-order valence-corrected chi connectivity index (χ4v) is 2.14. The van der Waals surface area contributed by atoms with Gasteiger partial charge in [0, 0.05) is 25.7 Å². The van der Waals surface area contributed by atoms with Crippen LogP contribution in [-0.4, -0.2) is 53.9 Å². The zero-order valence-corrected chi connectivity index (χ0v) is 8.39. The number of piperazine rings is 1. The van der Waals surface area contributed by atoms with Crippen LogP contribution in [0.15, 0.2) is 0 Å². The molecule has 0 bridgehead atoms. The molecule has 1 saturated carbocycles. The minimum absolute atomic E-state index is 0.509. The first kappa shape index (κ1) is 8.60. The molecule has 0 amide bonds. The van der Waals surface area contributed by atoms with Crippen molar-refractivity contribution in [2.24, 2.45) is 0 Å². The van der Waals surface area contributed by atoms with Crippen LogP contribution in [0.4, 0.5) is 0 Å². The van der Waals surface area contributed by atoms with Gasteiger partial charge in [-0.1, -0.05) is 12.2 Å². The summed E-state index contributed by atoms with van der Waals surface area (Å²) in [6, 6.07) is 1.41. The van der Waals surface area contributed by atoms with Gasteiger partial charge >= 0.3 is 0 Å². The van der Waals surface area contributed by atoms with Crippen LogP contribution in [0.25, 0.3) is 0 Å². The lowest BCUT2D eigenvalue weighted by Crippen LogP contribution is -2.52. The molecule has 3 heteroatoms. The second kappa shape index (κ2) is 3.40. The number of thiocarbonyl (C=S) groups is 1. The first-order chi connectivity index (χ1) is 5.81. The van der Waals surface area contributed by atoms with E-state index in [1.165, 1.54) is 25.9 Å². The quantitative estimate of drug-likeness (QED) is 0.585. The molecule has 2 fully saturated rings. The number of hydrogen-bond donors (Lipinski definition) is 0. The van der Waals surface area contributed by atoms with Crippen LogP contribution < -0.4 is 0 Å². The molecule has 1 heterocycles. The van der Waals surface area contributed by atoms with Crippen molar-refractivity contribution in [3.05, 3.63) is 0 Å². The Bertz CT molecular complexity index is 179. The maximum absolute atomic E-state index is 5.02. The van der Waals surface area contributed by atoms with Gasteiger partial charge < -0.3 is 0 Å². The molecule has 1 saturated heterocycles. The largest absolute Gasteiger partial charge is 0.297 e. The normalized spacial score (nSPS) is 33.6. The predicted octanol–water partition coefficient (Wildman–Crippen LogP) is 0.764. The van der Waals surface area contributed by atoms with Crippen LogP contribution in [0, 0.1) is 0 Å². The molecule has 0 aromatic heterocycles. The highest BCUT2D eigenvalue weighted by molar-refractivity contribution is 7.79. The highest BCUT2D eigenvalue weighted by atomic mass is 32.1. The third kappa shape index (κ3) is 1.68. The average molecular weight is 184 g/mol. The number of likely N-dealkylation sites (N-methyl/N-ethyl adjacent to an activating group) is 1. The second-order valence-electron chi connectivity index (χ2n) is 3.91. The van der Waals surface area contributed by atoms with E-state index in [-0.39, 0.29) is 0 Å². The summed E-state index contributed by atoms with van der Waals surface area (Å²) >= 11 is 5.02. The van der Waals surface area contributed by atoms with Gasteiger partial charge in [-0.25, -0.2) is 0 Å². The van der Waals surface area contributed by atoms with Crippen molar-refractivity contribution >= 4 is 17.6 Å². The number of rotatable bonds is 2. The van der Waals surface area contributed by atoms with Crippen molar-refractivity contribution in [2.75, 3.05) is 26.7 Å². The topological polar surface area (TPSA) is 6.48 Å². The Morgan fingerprint density at radius 1 is 1.33 bits per heavy atom. The van der Waals surface area contributed by atoms with Crippen molar-refractivity contribution in [1.82, 2.24) is 9.80 Å². The van der Waals surface area contributed by atoms with E-state index in [0.717, 1.165) is 12.6 Å². The molecule has 2 rings (SSSR count). The van der Waals surface area contributed by atoms with Gasteiger partial charge in [0.2, 0.25) is 0 Å². The molecule has 1 atom stereocenters. The summed E-state index contributed by atoms with van der Waals surface area (Å²) in [6.07, 6.45) is 2.82. The van der Waals surface area contributed by atoms with Crippen LogP contribution in [0.2, 0.25) is 0 Å². The van der Waals surface area contributed by atoms with Gasteiger partial charge in [0.1, 0.15) is 0 Å². The minimum Gasteiger partial charge on any atom is -0.297 e. The minimum atomic E-state index is 0.509. The van der Waals surface area contributed by atoms with Gasteiger partial charge in [-0.3, -0.25) is 9.80 Å². The number of hydrogen-bond acceptors (Lipinski definition) is 3. The van der Waals surface area contributed by atoms with Crippen LogP contribution >= 0.6 is 12.2 Å². The Kier molecular flexibility index (Phi) is 2.44. The molecular formula is C9H16N2S. The molecule has 0 spiro atoms. The summed E-state index contributed by atoms with van der Waals surface area (Å²) in [6.45, 7) is 3.57. The Balaban J connectivity index is 1.91. The van der Waals surface area contributed by atoms with E-state index >= 15 is 0 Å². The molecule has 1 aliphatic heterocycles. The third-order valence-electron chi connectivity index (χ3n) is 2.95. The van der Waals surface area contributed by atoms with E-state index < -0.39 is 0 Å². The first-order valence-corrected chi connectivity index (χ1v) is 5.18. The van der Waals surface area contributed by atoms with E-state index in [9.17, 15) is 0 Å². The standard InChI is InChI=1S/C9H16N2S/c1-10-4-5-11(8-2-3-8)6-9(10)7-12/h7-9H,2-6H2,1H3. The van der Waals surface area contributed by atoms with E-state index in [1.54, 1.807) is 0 Å². The molecular weight excluding hydrogens is 168 g/mol. The SMILES string of the molecule is CN1CCN(C2CC2)CC1C=S. The zero-order chi connectivity index (χ0) is 8.55. The van der Waals surface area contributed by atoms with Crippen LogP contribution in [0.5, 0.6) is 0 Å². The second-order valence-corrected chi connectivity index (χ2v) is 4.18. The summed E-state index contributed by atoms with van der Waals surface area (Å²) in [7, 11) is 2.16. The van der Waals surface area contributed by atoms with Gasteiger partial charge in [0.05, 0.1) is 6.04 Å². The molecule has 12 heavy (non-hydrogen) atoms. The van der Waals surface area contributed by atoms with Crippen molar-refractivity contribution < 1.29 is 0 Å². The third-order valence-corrected chi connectivity index (χ3v) is 3.26. The van der Waals surface area contributed by atoms with Crippen molar-refractivity contribution in [3.8, 4) is 0 Å². The Morgan fingerprint density at radius 3 is 2.67 bits per heavy atom. The van der Waals surface area contributed by atoms with E-state index in [2.05, 4.69) is 16.8 Å². The molecule has 0 aromatic carbocycles. The molecule has 68 valence electrons. The van der Waals surface area contributed by atoms with Crippen molar-refractivity contribution in [3.63, 3.8) is 0 Å². The molecule has 1 unspecified atom stereocenters. The maximum Gasteiger partial charge on any atom is 0.0506 e. The number of nitrogens with zero attached hydrogens (tertiary/aromatic N) is 2. The Hall–Kier alpha value is 0.01000. The Morgan fingerprint density at radius 2 is 2.08 bits per heavy atom. The summed E-state index contributed by atoms with van der Waals surface area (Å²) in [5.41, 5.74) is 0. The van der Waals surface area contributed by atoms with E-state index in [4.69, 9.17) is 12.2 Å². The van der Waals surface area contributed by atoms with E-state index in [1.807, 2.05) is 5.37 Å². The summed E-state index contributed by atoms with van der Waals surface area (Å²) in [5, 5.41) is 1.91. The summed E-state index contributed by atoms with van der Waals surface area (Å²) < 4.78 is 0. The monoisotopic (exact) mass is 184 g/mol. The lowest BCUT2D eigenvalue weighted by molar-refractivity contribution is 0.125. The maximum atomic E-state index is 5.02. The van der Waals surface area contributed by atoms with Crippen LogP contribution in [0.3, 0.4) is 0 Å². The Labute approximate surface area is 79.5 Å². The molecule has 0 aromatic rings. The highest BCUT2D eigenvalue weighted by Crippen LogP contribution is 2.28. The smallest absolute Gasteiger partial charge is 0.0506 e. The first-order valence-electron chi connectivity index (χ1n) is 4.71. The lowest BCUT2D eigenvalue weighted by Gasteiger charge is -2.37. The molecule has 1 aliphatic carbocycles. The van der Waals surface area contributed by atoms with Crippen LogP contribution in [0.1, 0.15) is 12.8 Å². The van der Waals surface area contributed by atoms with Gasteiger partial charge in [-0.05, 0) is 25.3 Å². The molecule has 0 radical (unpaired) electrons. The highest BCUT2D eigenvalue weighted by Gasteiger charge is 2.33. The molecule has 2 nitrogen and oxygen atoms in total. The van der Waals surface area contributed by atoms with E-state index in [0.29, 0.717) is 6.04 Å². The predicted molar refractivity (Wildman–Crippen MR) is 54.7 cm³/mol. The summed E-state index contributed by atoms with van der Waals surface area (Å²) in [5.74, 6) is 0.